The Balaban J connectivity index is 2.35. The standard InChI is InChI=1S/C13H19NO3S/c1-4-17-13(2,3)12-14-10-8(11(15)16)6-5-7-9(10)18-12/h8H,4-7H2,1-3H3,(H,15,16). The Bertz CT molecular complexity index is 453. The van der Waals surface area contributed by atoms with E-state index in [-0.39, 0.29) is 0 Å². The topological polar surface area (TPSA) is 59.4 Å². The van der Waals surface area contributed by atoms with Gasteiger partial charge in [0.15, 0.2) is 0 Å². The molecule has 1 aliphatic carbocycles. The molecule has 0 aromatic carbocycles. The number of hydrogen-bond acceptors (Lipinski definition) is 4. The van der Waals surface area contributed by atoms with Crippen molar-refractivity contribution in [2.45, 2.75) is 51.6 Å². The monoisotopic (exact) mass is 269 g/mol. The van der Waals surface area contributed by atoms with Crippen LogP contribution in [0.1, 0.15) is 55.1 Å². The van der Waals surface area contributed by atoms with E-state index in [1.54, 1.807) is 11.3 Å². The van der Waals surface area contributed by atoms with E-state index in [1.807, 2.05) is 20.8 Å². The molecule has 100 valence electrons. The van der Waals surface area contributed by atoms with Gasteiger partial charge in [0.25, 0.3) is 0 Å². The van der Waals surface area contributed by atoms with Gasteiger partial charge in [0.05, 0.1) is 11.6 Å². The predicted octanol–water partition coefficient (Wildman–Crippen LogP) is 2.92. The van der Waals surface area contributed by atoms with Crippen LogP contribution in [-0.2, 0) is 21.6 Å². The summed E-state index contributed by atoms with van der Waals surface area (Å²) in [6.07, 6.45) is 2.57. The quantitative estimate of drug-likeness (QED) is 0.913. The van der Waals surface area contributed by atoms with Crippen LogP contribution in [0, 0.1) is 0 Å². The number of fused-ring (bicyclic) bond motifs is 1. The molecule has 5 heteroatoms. The molecule has 2 rings (SSSR count). The van der Waals surface area contributed by atoms with Gasteiger partial charge >= 0.3 is 5.97 Å². The van der Waals surface area contributed by atoms with E-state index < -0.39 is 17.5 Å². The smallest absolute Gasteiger partial charge is 0.312 e. The van der Waals surface area contributed by atoms with Crippen LogP contribution in [0.2, 0.25) is 0 Å². The molecule has 0 spiro atoms. The summed E-state index contributed by atoms with van der Waals surface area (Å²) in [6, 6.07) is 0. The second-order valence-electron chi connectivity index (χ2n) is 5.05. The molecular weight excluding hydrogens is 250 g/mol. The number of carboxylic acids is 1. The highest BCUT2D eigenvalue weighted by molar-refractivity contribution is 7.11. The summed E-state index contributed by atoms with van der Waals surface area (Å²) in [6.45, 7) is 6.54. The molecule has 1 aliphatic rings. The zero-order valence-corrected chi connectivity index (χ0v) is 11.8. The lowest BCUT2D eigenvalue weighted by atomic mass is 9.91. The highest BCUT2D eigenvalue weighted by Gasteiger charge is 2.33. The van der Waals surface area contributed by atoms with E-state index in [0.29, 0.717) is 13.0 Å². The summed E-state index contributed by atoms with van der Waals surface area (Å²) in [5.41, 5.74) is 0.335. The Morgan fingerprint density at radius 2 is 2.33 bits per heavy atom. The maximum absolute atomic E-state index is 11.2. The van der Waals surface area contributed by atoms with Crippen LogP contribution < -0.4 is 0 Å². The number of thiazole rings is 1. The van der Waals surface area contributed by atoms with Crippen molar-refractivity contribution in [3.63, 3.8) is 0 Å². The first kappa shape index (κ1) is 13.5. The first-order valence-electron chi connectivity index (χ1n) is 6.32. The van der Waals surface area contributed by atoms with Crippen molar-refractivity contribution in [2.24, 2.45) is 0 Å². The van der Waals surface area contributed by atoms with Gasteiger partial charge in [-0.15, -0.1) is 11.3 Å². The molecule has 0 bridgehead atoms. The Hall–Kier alpha value is -0.940. The van der Waals surface area contributed by atoms with Gasteiger partial charge in [-0.3, -0.25) is 4.79 Å². The molecule has 0 radical (unpaired) electrons. The van der Waals surface area contributed by atoms with Crippen LogP contribution >= 0.6 is 11.3 Å². The molecule has 0 amide bonds. The number of aliphatic carboxylic acids is 1. The number of rotatable bonds is 4. The van der Waals surface area contributed by atoms with E-state index in [9.17, 15) is 9.90 Å². The van der Waals surface area contributed by atoms with E-state index in [0.717, 1.165) is 28.4 Å². The number of carbonyl (C=O) groups is 1. The summed E-state index contributed by atoms with van der Waals surface area (Å²) >= 11 is 1.60. The fraction of sp³-hybridized carbons (Fsp3) is 0.692. The molecule has 0 saturated carbocycles. The number of carboxylic acid groups (broad SMARTS) is 1. The molecule has 0 aliphatic heterocycles. The van der Waals surface area contributed by atoms with E-state index in [1.165, 1.54) is 0 Å². The normalized spacial score (nSPS) is 19.6. The fourth-order valence-corrected chi connectivity index (χ4v) is 3.56. The highest BCUT2D eigenvalue weighted by atomic mass is 32.1. The molecular formula is C13H19NO3S. The Morgan fingerprint density at radius 3 is 2.94 bits per heavy atom. The van der Waals surface area contributed by atoms with Crippen LogP contribution in [0.25, 0.3) is 0 Å². The van der Waals surface area contributed by atoms with Crippen LogP contribution in [0.3, 0.4) is 0 Å². The van der Waals surface area contributed by atoms with Crippen molar-refractivity contribution < 1.29 is 14.6 Å². The molecule has 1 aromatic rings. The molecule has 1 heterocycles. The predicted molar refractivity (Wildman–Crippen MR) is 70.1 cm³/mol. The molecule has 1 atom stereocenters. The fourth-order valence-electron chi connectivity index (χ4n) is 2.34. The first-order valence-corrected chi connectivity index (χ1v) is 7.14. The van der Waals surface area contributed by atoms with Crippen molar-refractivity contribution in [2.75, 3.05) is 6.61 Å². The van der Waals surface area contributed by atoms with Gasteiger partial charge in [-0.1, -0.05) is 0 Å². The molecule has 4 nitrogen and oxygen atoms in total. The average Bonchev–Trinajstić information content (AvgIpc) is 2.72. The van der Waals surface area contributed by atoms with Crippen LogP contribution in [0.4, 0.5) is 0 Å². The lowest BCUT2D eigenvalue weighted by Crippen LogP contribution is -2.22. The number of ether oxygens (including phenoxy) is 1. The first-order chi connectivity index (χ1) is 8.45. The second kappa shape index (κ2) is 4.97. The lowest BCUT2D eigenvalue weighted by molar-refractivity contribution is -0.139. The van der Waals surface area contributed by atoms with E-state index >= 15 is 0 Å². The summed E-state index contributed by atoms with van der Waals surface area (Å²) in [4.78, 5) is 16.9. The van der Waals surface area contributed by atoms with Gasteiger partial charge in [-0.05, 0) is 40.0 Å². The molecule has 1 aromatic heterocycles. The molecule has 1 unspecified atom stereocenters. The van der Waals surface area contributed by atoms with Gasteiger partial charge in [0.2, 0.25) is 0 Å². The third kappa shape index (κ3) is 2.42. The maximum atomic E-state index is 11.2. The van der Waals surface area contributed by atoms with Crippen molar-refractivity contribution in [1.29, 1.82) is 0 Å². The largest absolute Gasteiger partial charge is 0.481 e. The van der Waals surface area contributed by atoms with Crippen molar-refractivity contribution >= 4 is 17.3 Å². The van der Waals surface area contributed by atoms with Crippen LogP contribution in [0.15, 0.2) is 0 Å². The number of aromatic nitrogens is 1. The van der Waals surface area contributed by atoms with Crippen molar-refractivity contribution in [1.82, 2.24) is 4.98 Å². The summed E-state index contributed by atoms with van der Waals surface area (Å²) < 4.78 is 5.69. The van der Waals surface area contributed by atoms with Gasteiger partial charge in [0.1, 0.15) is 10.6 Å². The van der Waals surface area contributed by atoms with Crippen LogP contribution in [-0.4, -0.2) is 22.7 Å². The number of nitrogens with zero attached hydrogens (tertiary/aromatic N) is 1. The zero-order chi connectivity index (χ0) is 13.3. The van der Waals surface area contributed by atoms with Crippen molar-refractivity contribution in [3.05, 3.63) is 15.6 Å². The minimum atomic E-state index is -0.762. The van der Waals surface area contributed by atoms with E-state index in [2.05, 4.69) is 4.98 Å². The minimum Gasteiger partial charge on any atom is -0.481 e. The van der Waals surface area contributed by atoms with Crippen molar-refractivity contribution in [3.8, 4) is 0 Å². The SMILES string of the molecule is CCOC(C)(C)c1nc2c(s1)CCCC2C(=O)O. The minimum absolute atomic E-state index is 0.431. The van der Waals surface area contributed by atoms with Gasteiger partial charge in [-0.2, -0.15) is 0 Å². The summed E-state index contributed by atoms with van der Waals surface area (Å²) in [7, 11) is 0. The van der Waals surface area contributed by atoms with E-state index in [4.69, 9.17) is 4.74 Å². The average molecular weight is 269 g/mol. The zero-order valence-electron chi connectivity index (χ0n) is 11.0. The third-order valence-electron chi connectivity index (χ3n) is 3.27. The number of aryl methyl sites for hydroxylation is 1. The lowest BCUT2D eigenvalue weighted by Gasteiger charge is -2.21. The Morgan fingerprint density at radius 1 is 1.61 bits per heavy atom. The highest BCUT2D eigenvalue weighted by Crippen LogP contribution is 2.38. The summed E-state index contributed by atoms with van der Waals surface area (Å²) in [5.74, 6) is -1.20. The molecule has 0 saturated heterocycles. The number of hydrogen-bond donors (Lipinski definition) is 1. The molecule has 18 heavy (non-hydrogen) atoms. The van der Waals surface area contributed by atoms with Gasteiger partial charge in [0, 0.05) is 11.5 Å². The third-order valence-corrected chi connectivity index (χ3v) is 4.71. The van der Waals surface area contributed by atoms with Gasteiger partial charge < -0.3 is 9.84 Å². The second-order valence-corrected chi connectivity index (χ2v) is 6.14. The van der Waals surface area contributed by atoms with Gasteiger partial charge in [-0.25, -0.2) is 4.98 Å². The molecule has 1 N–H and O–H groups in total. The maximum Gasteiger partial charge on any atom is 0.312 e. The summed E-state index contributed by atoms with van der Waals surface area (Å²) in [5, 5.41) is 10.1. The molecule has 0 fully saturated rings. The Kier molecular flexibility index (Phi) is 3.73. The van der Waals surface area contributed by atoms with Crippen LogP contribution in [0.5, 0.6) is 0 Å². The Labute approximate surface area is 111 Å².